The second kappa shape index (κ2) is 2.87. The molecule has 72 valence electrons. The topological polar surface area (TPSA) is 48.0 Å². The average Bonchev–Trinajstić information content (AvgIpc) is 2.14. The molecule has 2 aromatic rings. The molecular weight excluding hydrogens is 176 g/mol. The number of nitrogen functional groups attached to an aromatic ring is 1. The van der Waals surface area contributed by atoms with Crippen molar-refractivity contribution in [1.82, 2.24) is 4.57 Å². The molecule has 2 rings (SSSR count). The Balaban J connectivity index is 2.98. The van der Waals surface area contributed by atoms with Crippen LogP contribution >= 0.6 is 0 Å². The summed E-state index contributed by atoms with van der Waals surface area (Å²) < 4.78 is 1.64. The van der Waals surface area contributed by atoms with E-state index in [2.05, 4.69) is 0 Å². The molecule has 0 saturated carbocycles. The van der Waals surface area contributed by atoms with E-state index in [0.717, 1.165) is 11.1 Å². The second-order valence-electron chi connectivity index (χ2n) is 3.50. The van der Waals surface area contributed by atoms with Gasteiger partial charge >= 0.3 is 0 Å². The van der Waals surface area contributed by atoms with Crippen LogP contribution in [0.1, 0.15) is 5.69 Å². The molecule has 0 amide bonds. The quantitative estimate of drug-likeness (QED) is 0.636. The van der Waals surface area contributed by atoms with E-state index in [9.17, 15) is 4.79 Å². The zero-order valence-corrected chi connectivity index (χ0v) is 8.24. The molecule has 0 radical (unpaired) electrons. The van der Waals surface area contributed by atoms with E-state index in [1.165, 1.54) is 0 Å². The number of hydrogen-bond acceptors (Lipinski definition) is 2. The van der Waals surface area contributed by atoms with Crippen molar-refractivity contribution in [3.63, 3.8) is 0 Å². The summed E-state index contributed by atoms with van der Waals surface area (Å²) in [5.41, 5.74) is 7.30. The Morgan fingerprint density at radius 3 is 2.71 bits per heavy atom. The monoisotopic (exact) mass is 188 g/mol. The van der Waals surface area contributed by atoms with Crippen molar-refractivity contribution in [2.24, 2.45) is 7.05 Å². The summed E-state index contributed by atoms with van der Waals surface area (Å²) in [6.07, 6.45) is 0. The van der Waals surface area contributed by atoms with Crippen molar-refractivity contribution in [3.8, 4) is 0 Å². The minimum Gasteiger partial charge on any atom is -0.399 e. The van der Waals surface area contributed by atoms with Gasteiger partial charge in [-0.25, -0.2) is 0 Å². The minimum atomic E-state index is 0.0278. The zero-order chi connectivity index (χ0) is 10.3. The summed E-state index contributed by atoms with van der Waals surface area (Å²) in [5, 5.41) is 1.62. The summed E-state index contributed by atoms with van der Waals surface area (Å²) >= 11 is 0. The first-order valence-electron chi connectivity index (χ1n) is 4.45. The highest BCUT2D eigenvalue weighted by molar-refractivity contribution is 5.84. The number of rotatable bonds is 0. The van der Waals surface area contributed by atoms with Crippen LogP contribution in [0.25, 0.3) is 10.8 Å². The second-order valence-corrected chi connectivity index (χ2v) is 3.50. The van der Waals surface area contributed by atoms with E-state index in [1.54, 1.807) is 23.7 Å². The molecule has 0 unspecified atom stereocenters. The van der Waals surface area contributed by atoms with E-state index in [1.807, 2.05) is 19.1 Å². The molecule has 2 N–H and O–H groups in total. The van der Waals surface area contributed by atoms with Gasteiger partial charge in [-0.15, -0.1) is 0 Å². The summed E-state index contributed by atoms with van der Waals surface area (Å²) in [7, 11) is 1.77. The van der Waals surface area contributed by atoms with Gasteiger partial charge in [0.25, 0.3) is 5.56 Å². The van der Waals surface area contributed by atoms with Gasteiger partial charge in [0.2, 0.25) is 0 Å². The lowest BCUT2D eigenvalue weighted by Gasteiger charge is -2.06. The number of aryl methyl sites for hydroxylation is 1. The number of hydrogen-bond donors (Lipinski definition) is 1. The molecule has 14 heavy (non-hydrogen) atoms. The van der Waals surface area contributed by atoms with E-state index in [-0.39, 0.29) is 5.56 Å². The Kier molecular flexibility index (Phi) is 1.81. The maximum Gasteiger partial charge on any atom is 0.258 e. The summed E-state index contributed by atoms with van der Waals surface area (Å²) in [6.45, 7) is 1.91. The van der Waals surface area contributed by atoms with E-state index in [0.29, 0.717) is 11.1 Å². The largest absolute Gasteiger partial charge is 0.399 e. The lowest BCUT2D eigenvalue weighted by Crippen LogP contribution is -2.18. The van der Waals surface area contributed by atoms with Crippen molar-refractivity contribution in [2.45, 2.75) is 6.92 Å². The van der Waals surface area contributed by atoms with Crippen molar-refractivity contribution in [3.05, 3.63) is 40.3 Å². The zero-order valence-electron chi connectivity index (χ0n) is 8.24. The molecule has 1 aromatic carbocycles. The van der Waals surface area contributed by atoms with Crippen LogP contribution < -0.4 is 11.3 Å². The Morgan fingerprint density at radius 2 is 2.00 bits per heavy atom. The average molecular weight is 188 g/mol. The van der Waals surface area contributed by atoms with Crippen LogP contribution in [0.15, 0.2) is 29.1 Å². The first kappa shape index (κ1) is 8.81. The van der Waals surface area contributed by atoms with Crippen LogP contribution in [0.5, 0.6) is 0 Å². The molecule has 1 aromatic heterocycles. The van der Waals surface area contributed by atoms with E-state index in [4.69, 9.17) is 5.73 Å². The maximum absolute atomic E-state index is 11.8. The highest BCUT2D eigenvalue weighted by Gasteiger charge is 2.02. The molecule has 3 heteroatoms. The number of anilines is 1. The minimum absolute atomic E-state index is 0.0278. The van der Waals surface area contributed by atoms with Gasteiger partial charge in [0, 0.05) is 23.8 Å². The fourth-order valence-electron chi connectivity index (χ4n) is 1.56. The first-order valence-corrected chi connectivity index (χ1v) is 4.45. The SMILES string of the molecule is Cc1cc2cc(N)ccc2c(=O)n1C. The molecule has 3 nitrogen and oxygen atoms in total. The Bertz CT molecular complexity index is 555. The number of benzene rings is 1. The van der Waals surface area contributed by atoms with Crippen molar-refractivity contribution >= 4 is 16.5 Å². The normalized spacial score (nSPS) is 10.7. The lowest BCUT2D eigenvalue weighted by molar-refractivity contribution is 0.830. The molecule has 0 atom stereocenters. The van der Waals surface area contributed by atoms with Gasteiger partial charge in [0.1, 0.15) is 0 Å². The van der Waals surface area contributed by atoms with E-state index >= 15 is 0 Å². The molecule has 0 fully saturated rings. The summed E-state index contributed by atoms with van der Waals surface area (Å²) in [5.74, 6) is 0. The predicted molar refractivity (Wildman–Crippen MR) is 58.3 cm³/mol. The lowest BCUT2D eigenvalue weighted by atomic mass is 10.1. The molecule has 1 heterocycles. The highest BCUT2D eigenvalue weighted by atomic mass is 16.1. The number of nitrogens with zero attached hydrogens (tertiary/aromatic N) is 1. The number of nitrogens with two attached hydrogens (primary N) is 1. The Morgan fingerprint density at radius 1 is 1.29 bits per heavy atom. The molecule has 0 spiro atoms. The van der Waals surface area contributed by atoms with Gasteiger partial charge in [-0.05, 0) is 36.6 Å². The molecule has 0 aliphatic heterocycles. The van der Waals surface area contributed by atoms with Crippen LogP contribution in [-0.2, 0) is 7.05 Å². The van der Waals surface area contributed by atoms with Gasteiger partial charge < -0.3 is 10.3 Å². The number of pyridine rings is 1. The fourth-order valence-corrected chi connectivity index (χ4v) is 1.56. The van der Waals surface area contributed by atoms with Crippen LogP contribution in [0.4, 0.5) is 5.69 Å². The van der Waals surface area contributed by atoms with Gasteiger partial charge in [-0.1, -0.05) is 0 Å². The van der Waals surface area contributed by atoms with E-state index < -0.39 is 0 Å². The van der Waals surface area contributed by atoms with Crippen LogP contribution in [0, 0.1) is 6.92 Å². The van der Waals surface area contributed by atoms with Gasteiger partial charge in [-0.3, -0.25) is 4.79 Å². The summed E-state index contributed by atoms with van der Waals surface area (Å²) in [4.78, 5) is 11.8. The van der Waals surface area contributed by atoms with Crippen LogP contribution in [0.3, 0.4) is 0 Å². The van der Waals surface area contributed by atoms with Crippen LogP contribution in [0.2, 0.25) is 0 Å². The third-order valence-electron chi connectivity index (χ3n) is 2.50. The number of fused-ring (bicyclic) bond motifs is 1. The van der Waals surface area contributed by atoms with Gasteiger partial charge in [0.15, 0.2) is 0 Å². The van der Waals surface area contributed by atoms with Crippen molar-refractivity contribution in [1.29, 1.82) is 0 Å². The number of aromatic nitrogens is 1. The Labute approximate surface area is 81.8 Å². The van der Waals surface area contributed by atoms with Gasteiger partial charge in [-0.2, -0.15) is 0 Å². The Hall–Kier alpha value is -1.77. The fraction of sp³-hybridized carbons (Fsp3) is 0.182. The molecule has 0 bridgehead atoms. The third kappa shape index (κ3) is 1.18. The standard InChI is InChI=1S/C11H12N2O/c1-7-5-8-6-9(12)3-4-10(8)11(14)13(7)2/h3-6H,12H2,1-2H3. The molecular formula is C11H12N2O. The van der Waals surface area contributed by atoms with Crippen LogP contribution in [-0.4, -0.2) is 4.57 Å². The molecule has 0 aliphatic carbocycles. The maximum atomic E-state index is 11.8. The third-order valence-corrected chi connectivity index (χ3v) is 2.50. The van der Waals surface area contributed by atoms with Crippen molar-refractivity contribution < 1.29 is 0 Å². The van der Waals surface area contributed by atoms with Crippen molar-refractivity contribution in [2.75, 3.05) is 5.73 Å². The first-order chi connectivity index (χ1) is 6.59. The van der Waals surface area contributed by atoms with Gasteiger partial charge in [0.05, 0.1) is 0 Å². The summed E-state index contributed by atoms with van der Waals surface area (Å²) in [6, 6.07) is 7.31. The highest BCUT2D eigenvalue weighted by Crippen LogP contribution is 2.14. The molecule has 0 aliphatic rings. The smallest absolute Gasteiger partial charge is 0.258 e. The molecule has 0 saturated heterocycles. The predicted octanol–water partition coefficient (Wildman–Crippen LogP) is 1.43.